The Morgan fingerprint density at radius 2 is 1.89 bits per heavy atom. The minimum atomic E-state index is -0.297. The maximum atomic E-state index is 12.0. The lowest BCUT2D eigenvalue weighted by atomic mass is 10.0. The number of carbonyl (C=O) groups is 1. The summed E-state index contributed by atoms with van der Waals surface area (Å²) in [6.07, 6.45) is 5.60. The minimum Gasteiger partial charge on any atom is -0.465 e. The Morgan fingerprint density at radius 3 is 2.63 bits per heavy atom. The standard InChI is InChI=1S/C23H28N2O2/c1-3-13-24-14-7-8-15-25-17-21(18-9-5-4-6-10-18)20-12-11-19(16-22(20)25)23(26)27-2/h4-6,9-12,16-17,24H,3,7-8,13-15H2,1-2H3. The number of rotatable bonds is 9. The van der Waals surface area contributed by atoms with Crippen molar-refractivity contribution in [2.45, 2.75) is 32.7 Å². The number of esters is 1. The van der Waals surface area contributed by atoms with E-state index in [9.17, 15) is 4.79 Å². The number of carbonyl (C=O) groups excluding carboxylic acids is 1. The SMILES string of the molecule is CCCNCCCCn1cc(-c2ccccc2)c2ccc(C(=O)OC)cc21. The molecule has 0 radical (unpaired) electrons. The number of nitrogens with one attached hydrogen (secondary N) is 1. The number of fused-ring (bicyclic) bond motifs is 1. The molecule has 1 aromatic heterocycles. The number of aromatic nitrogens is 1. The molecule has 0 bridgehead atoms. The molecule has 0 atom stereocenters. The van der Waals surface area contributed by atoms with Gasteiger partial charge in [-0.2, -0.15) is 0 Å². The lowest BCUT2D eigenvalue weighted by molar-refractivity contribution is 0.0601. The van der Waals surface area contributed by atoms with E-state index in [4.69, 9.17) is 4.74 Å². The number of benzene rings is 2. The number of nitrogens with zero attached hydrogens (tertiary/aromatic N) is 1. The molecule has 27 heavy (non-hydrogen) atoms. The number of methoxy groups -OCH3 is 1. The van der Waals surface area contributed by atoms with Crippen LogP contribution in [0.4, 0.5) is 0 Å². The van der Waals surface area contributed by atoms with E-state index in [0.717, 1.165) is 43.4 Å². The molecule has 4 nitrogen and oxygen atoms in total. The van der Waals surface area contributed by atoms with E-state index >= 15 is 0 Å². The fraction of sp³-hybridized carbons (Fsp3) is 0.348. The summed E-state index contributed by atoms with van der Waals surface area (Å²) in [6, 6.07) is 16.2. The molecule has 4 heteroatoms. The third kappa shape index (κ3) is 4.58. The largest absolute Gasteiger partial charge is 0.465 e. The molecule has 0 aliphatic heterocycles. The van der Waals surface area contributed by atoms with Crippen LogP contribution in [0.25, 0.3) is 22.0 Å². The molecule has 0 unspecified atom stereocenters. The smallest absolute Gasteiger partial charge is 0.337 e. The fourth-order valence-corrected chi connectivity index (χ4v) is 3.40. The average Bonchev–Trinajstić information content (AvgIpc) is 3.08. The molecule has 3 aromatic rings. The van der Waals surface area contributed by atoms with E-state index in [1.165, 1.54) is 24.7 Å². The highest BCUT2D eigenvalue weighted by atomic mass is 16.5. The first kappa shape index (κ1) is 19.2. The lowest BCUT2D eigenvalue weighted by Crippen LogP contribution is -2.16. The second-order valence-corrected chi connectivity index (χ2v) is 6.78. The second-order valence-electron chi connectivity index (χ2n) is 6.78. The van der Waals surface area contributed by atoms with Gasteiger partial charge in [0.2, 0.25) is 0 Å². The second kappa shape index (κ2) is 9.38. The van der Waals surface area contributed by atoms with Crippen molar-refractivity contribution >= 4 is 16.9 Å². The van der Waals surface area contributed by atoms with Gasteiger partial charge in [-0.15, -0.1) is 0 Å². The summed E-state index contributed by atoms with van der Waals surface area (Å²) in [6.45, 7) is 5.24. The average molecular weight is 364 g/mol. The molecule has 0 aliphatic rings. The van der Waals surface area contributed by atoms with Gasteiger partial charge in [0.05, 0.1) is 12.7 Å². The highest BCUT2D eigenvalue weighted by molar-refractivity contribution is 6.00. The first-order valence-electron chi connectivity index (χ1n) is 9.72. The summed E-state index contributed by atoms with van der Waals surface area (Å²) < 4.78 is 7.16. The van der Waals surface area contributed by atoms with Gasteiger partial charge < -0.3 is 14.6 Å². The van der Waals surface area contributed by atoms with Crippen molar-refractivity contribution < 1.29 is 9.53 Å². The maximum absolute atomic E-state index is 12.0. The summed E-state index contributed by atoms with van der Waals surface area (Å²) in [4.78, 5) is 12.0. The van der Waals surface area contributed by atoms with Crippen molar-refractivity contribution in [1.82, 2.24) is 9.88 Å². The Morgan fingerprint density at radius 1 is 1.07 bits per heavy atom. The summed E-state index contributed by atoms with van der Waals surface area (Å²) in [5, 5.41) is 4.62. The van der Waals surface area contributed by atoms with Crippen LogP contribution in [-0.4, -0.2) is 30.7 Å². The Labute approximate surface area is 161 Å². The molecular formula is C23H28N2O2. The van der Waals surface area contributed by atoms with Crippen LogP contribution < -0.4 is 5.32 Å². The highest BCUT2D eigenvalue weighted by Gasteiger charge is 2.13. The van der Waals surface area contributed by atoms with E-state index in [1.54, 1.807) is 0 Å². The number of hydrogen-bond donors (Lipinski definition) is 1. The molecule has 1 N–H and O–H groups in total. The summed E-state index contributed by atoms with van der Waals surface area (Å²) in [5.74, 6) is -0.297. The third-order valence-electron chi connectivity index (χ3n) is 4.82. The van der Waals surface area contributed by atoms with Crippen LogP contribution in [-0.2, 0) is 11.3 Å². The van der Waals surface area contributed by atoms with E-state index in [0.29, 0.717) is 5.56 Å². The quantitative estimate of drug-likeness (QED) is 0.435. The minimum absolute atomic E-state index is 0.297. The summed E-state index contributed by atoms with van der Waals surface area (Å²) in [5.41, 5.74) is 4.06. The molecular weight excluding hydrogens is 336 g/mol. The zero-order chi connectivity index (χ0) is 19.1. The number of aryl methyl sites for hydroxylation is 1. The highest BCUT2D eigenvalue weighted by Crippen LogP contribution is 2.31. The number of hydrogen-bond acceptors (Lipinski definition) is 3. The van der Waals surface area contributed by atoms with Gasteiger partial charge in [0.25, 0.3) is 0 Å². The van der Waals surface area contributed by atoms with E-state index in [-0.39, 0.29) is 5.97 Å². The van der Waals surface area contributed by atoms with Crippen LogP contribution >= 0.6 is 0 Å². The molecule has 1 heterocycles. The van der Waals surface area contributed by atoms with E-state index in [1.807, 2.05) is 24.3 Å². The molecule has 0 fully saturated rings. The predicted octanol–water partition coefficient (Wildman–Crippen LogP) is 4.87. The summed E-state index contributed by atoms with van der Waals surface area (Å²) >= 11 is 0. The summed E-state index contributed by atoms with van der Waals surface area (Å²) in [7, 11) is 1.42. The van der Waals surface area contributed by atoms with Gasteiger partial charge in [-0.3, -0.25) is 0 Å². The Bertz CT molecular complexity index is 884. The Hall–Kier alpha value is -2.59. The van der Waals surface area contributed by atoms with Gasteiger partial charge in [-0.1, -0.05) is 43.3 Å². The van der Waals surface area contributed by atoms with Gasteiger partial charge in [-0.05, 0) is 50.0 Å². The van der Waals surface area contributed by atoms with Crippen LogP contribution in [0.5, 0.6) is 0 Å². The molecule has 3 rings (SSSR count). The lowest BCUT2D eigenvalue weighted by Gasteiger charge is -2.07. The molecule has 0 saturated heterocycles. The van der Waals surface area contributed by atoms with Crippen LogP contribution in [0, 0.1) is 0 Å². The topological polar surface area (TPSA) is 43.3 Å². The van der Waals surface area contributed by atoms with Crippen molar-refractivity contribution in [3.8, 4) is 11.1 Å². The van der Waals surface area contributed by atoms with Crippen molar-refractivity contribution in [1.29, 1.82) is 0 Å². The number of ether oxygens (including phenoxy) is 1. The van der Waals surface area contributed by atoms with E-state index in [2.05, 4.69) is 47.3 Å². The zero-order valence-electron chi connectivity index (χ0n) is 16.2. The van der Waals surface area contributed by atoms with Gasteiger partial charge in [-0.25, -0.2) is 4.79 Å². The molecule has 2 aromatic carbocycles. The van der Waals surface area contributed by atoms with Crippen LogP contribution in [0.1, 0.15) is 36.5 Å². The van der Waals surface area contributed by atoms with Crippen LogP contribution in [0.2, 0.25) is 0 Å². The van der Waals surface area contributed by atoms with Gasteiger partial charge in [0.1, 0.15) is 0 Å². The first-order chi connectivity index (χ1) is 13.2. The van der Waals surface area contributed by atoms with Crippen molar-refractivity contribution in [2.24, 2.45) is 0 Å². The Balaban J connectivity index is 1.89. The van der Waals surface area contributed by atoms with Gasteiger partial charge >= 0.3 is 5.97 Å². The van der Waals surface area contributed by atoms with Gasteiger partial charge in [0, 0.05) is 29.2 Å². The molecule has 142 valence electrons. The monoisotopic (exact) mass is 364 g/mol. The maximum Gasteiger partial charge on any atom is 0.337 e. The van der Waals surface area contributed by atoms with Crippen LogP contribution in [0.3, 0.4) is 0 Å². The van der Waals surface area contributed by atoms with Crippen LogP contribution in [0.15, 0.2) is 54.7 Å². The molecule has 0 aliphatic carbocycles. The normalized spacial score (nSPS) is 11.0. The molecule has 0 saturated carbocycles. The fourth-order valence-electron chi connectivity index (χ4n) is 3.40. The number of unbranched alkanes of at least 4 members (excludes halogenated alkanes) is 1. The predicted molar refractivity (Wildman–Crippen MR) is 111 cm³/mol. The van der Waals surface area contributed by atoms with Crippen molar-refractivity contribution in [3.63, 3.8) is 0 Å². The van der Waals surface area contributed by atoms with Gasteiger partial charge in [0.15, 0.2) is 0 Å². The zero-order valence-corrected chi connectivity index (χ0v) is 16.2. The first-order valence-corrected chi connectivity index (χ1v) is 9.72. The van der Waals surface area contributed by atoms with Crippen molar-refractivity contribution in [3.05, 3.63) is 60.3 Å². The Kier molecular flexibility index (Phi) is 6.66. The molecule has 0 spiro atoms. The molecule has 0 amide bonds. The van der Waals surface area contributed by atoms with Crippen molar-refractivity contribution in [2.75, 3.05) is 20.2 Å². The third-order valence-corrected chi connectivity index (χ3v) is 4.82. The van der Waals surface area contributed by atoms with E-state index < -0.39 is 0 Å².